The van der Waals surface area contributed by atoms with Gasteiger partial charge in [0, 0.05) is 33.6 Å². The van der Waals surface area contributed by atoms with Gasteiger partial charge in [0.15, 0.2) is 0 Å². The van der Waals surface area contributed by atoms with Gasteiger partial charge in [-0.3, -0.25) is 0 Å². The summed E-state index contributed by atoms with van der Waals surface area (Å²) < 4.78 is 6.82. The standard InChI is InChI=1S/C58H41NO/c1-57(2)48-27-15-13-25-45(48)55-54-46-26-14-17-29-52(46)60-53(54)37-51(56(55)57)59(42-32-30-39(31-33-42)38-18-6-3-7-19-38)43-34-35-50-47(36-43)44-24-12-16-28-49(44)58(50,40-20-8-4-9-21-40)41-22-10-5-11-23-41/h3-37H,1-2H3. The Bertz CT molecular complexity index is 3230. The lowest BCUT2D eigenvalue weighted by Gasteiger charge is -2.35. The molecule has 0 spiro atoms. The maximum Gasteiger partial charge on any atom is 0.138 e. The zero-order valence-electron chi connectivity index (χ0n) is 33.6. The van der Waals surface area contributed by atoms with Crippen molar-refractivity contribution in [2.75, 3.05) is 4.90 Å². The molecule has 2 heteroatoms. The number of benzene rings is 9. The van der Waals surface area contributed by atoms with Crippen LogP contribution < -0.4 is 4.90 Å². The Balaban J connectivity index is 1.16. The Morgan fingerprint density at radius 2 is 0.967 bits per heavy atom. The second kappa shape index (κ2) is 13.0. The van der Waals surface area contributed by atoms with Crippen molar-refractivity contribution in [1.29, 1.82) is 0 Å². The van der Waals surface area contributed by atoms with Crippen LogP contribution in [0.3, 0.4) is 0 Å². The van der Waals surface area contributed by atoms with E-state index in [-0.39, 0.29) is 5.41 Å². The Morgan fingerprint density at radius 3 is 1.68 bits per heavy atom. The van der Waals surface area contributed by atoms with E-state index in [9.17, 15) is 0 Å². The van der Waals surface area contributed by atoms with Crippen LogP contribution in [0, 0.1) is 0 Å². The molecule has 9 aromatic carbocycles. The first-order valence-corrected chi connectivity index (χ1v) is 20.9. The van der Waals surface area contributed by atoms with Crippen molar-refractivity contribution >= 4 is 39.0 Å². The fourth-order valence-electron chi connectivity index (χ4n) is 10.8. The smallest absolute Gasteiger partial charge is 0.138 e. The van der Waals surface area contributed by atoms with Crippen molar-refractivity contribution < 1.29 is 4.42 Å². The average molecular weight is 768 g/mol. The normalized spacial score (nSPS) is 14.1. The molecule has 1 heterocycles. The predicted octanol–water partition coefficient (Wildman–Crippen LogP) is 15.4. The first-order chi connectivity index (χ1) is 29.5. The molecule has 1 aromatic heterocycles. The first kappa shape index (κ1) is 34.6. The minimum Gasteiger partial charge on any atom is -0.456 e. The van der Waals surface area contributed by atoms with Crippen LogP contribution in [0.4, 0.5) is 17.1 Å². The minimum absolute atomic E-state index is 0.296. The predicted molar refractivity (Wildman–Crippen MR) is 249 cm³/mol. The topological polar surface area (TPSA) is 16.4 Å². The molecule has 0 unspecified atom stereocenters. The zero-order valence-corrected chi connectivity index (χ0v) is 33.6. The molecule has 60 heavy (non-hydrogen) atoms. The number of furan rings is 1. The second-order valence-corrected chi connectivity index (χ2v) is 16.8. The van der Waals surface area contributed by atoms with Crippen LogP contribution in [-0.2, 0) is 10.8 Å². The molecule has 0 radical (unpaired) electrons. The summed E-state index contributed by atoms with van der Waals surface area (Å²) in [6.07, 6.45) is 0. The van der Waals surface area contributed by atoms with Crippen molar-refractivity contribution in [1.82, 2.24) is 0 Å². The summed E-state index contributed by atoms with van der Waals surface area (Å²) in [5.41, 5.74) is 19.5. The maximum absolute atomic E-state index is 6.82. The Hall–Kier alpha value is -7.42. The number of nitrogens with zero attached hydrogens (tertiary/aromatic N) is 1. The molecule has 12 rings (SSSR count). The molecule has 0 saturated heterocycles. The molecule has 0 amide bonds. The average Bonchev–Trinajstić information content (AvgIpc) is 3.91. The van der Waals surface area contributed by atoms with E-state index in [2.05, 4.69) is 231 Å². The van der Waals surface area contributed by atoms with Gasteiger partial charge in [-0.1, -0.05) is 190 Å². The third-order valence-electron chi connectivity index (χ3n) is 13.3. The summed E-state index contributed by atoms with van der Waals surface area (Å²) in [5.74, 6) is 0. The van der Waals surface area contributed by atoms with E-state index in [0.29, 0.717) is 0 Å². The van der Waals surface area contributed by atoms with Crippen molar-refractivity contribution in [2.24, 2.45) is 0 Å². The fourth-order valence-corrected chi connectivity index (χ4v) is 10.8. The minimum atomic E-state index is -0.479. The number of para-hydroxylation sites is 1. The van der Waals surface area contributed by atoms with Gasteiger partial charge in [0.1, 0.15) is 11.2 Å². The number of rotatable bonds is 6. The number of fused-ring (bicyclic) bond motifs is 10. The monoisotopic (exact) mass is 767 g/mol. The highest BCUT2D eigenvalue weighted by Crippen LogP contribution is 2.60. The van der Waals surface area contributed by atoms with Gasteiger partial charge in [-0.25, -0.2) is 0 Å². The molecular formula is C58H41NO. The lowest BCUT2D eigenvalue weighted by Crippen LogP contribution is -2.28. The van der Waals surface area contributed by atoms with Crippen LogP contribution in [-0.4, -0.2) is 0 Å². The number of anilines is 3. The van der Waals surface area contributed by atoms with Gasteiger partial charge in [-0.15, -0.1) is 0 Å². The van der Waals surface area contributed by atoms with E-state index in [1.165, 1.54) is 72.1 Å². The van der Waals surface area contributed by atoms with Gasteiger partial charge >= 0.3 is 0 Å². The Morgan fingerprint density at radius 1 is 0.417 bits per heavy atom. The molecular weight excluding hydrogens is 727 g/mol. The van der Waals surface area contributed by atoms with Crippen LogP contribution in [0.1, 0.15) is 47.2 Å². The second-order valence-electron chi connectivity index (χ2n) is 16.8. The molecule has 284 valence electrons. The van der Waals surface area contributed by atoms with Crippen LogP contribution in [0.25, 0.3) is 55.3 Å². The van der Waals surface area contributed by atoms with Crippen LogP contribution in [0.2, 0.25) is 0 Å². The van der Waals surface area contributed by atoms with Gasteiger partial charge in [-0.2, -0.15) is 0 Å². The summed E-state index contributed by atoms with van der Waals surface area (Å²) in [7, 11) is 0. The summed E-state index contributed by atoms with van der Waals surface area (Å²) in [5, 5.41) is 2.33. The first-order valence-electron chi connectivity index (χ1n) is 20.9. The van der Waals surface area contributed by atoms with E-state index in [1.807, 2.05) is 0 Å². The molecule has 2 nitrogen and oxygen atoms in total. The molecule has 0 fully saturated rings. The van der Waals surface area contributed by atoms with E-state index in [1.54, 1.807) is 0 Å². The Labute approximate surface area is 350 Å². The van der Waals surface area contributed by atoms with Gasteiger partial charge in [-0.05, 0) is 97.1 Å². The summed E-state index contributed by atoms with van der Waals surface area (Å²) in [6.45, 7) is 4.78. The number of hydrogen-bond donors (Lipinski definition) is 0. The van der Waals surface area contributed by atoms with Gasteiger partial charge in [0.2, 0.25) is 0 Å². The Kier molecular flexibility index (Phi) is 7.52. The quantitative estimate of drug-likeness (QED) is 0.168. The molecule has 10 aromatic rings. The van der Waals surface area contributed by atoms with Crippen molar-refractivity contribution in [3.8, 4) is 33.4 Å². The lowest BCUT2D eigenvalue weighted by atomic mass is 9.68. The fraction of sp³-hybridized carbons (Fsp3) is 0.0690. The van der Waals surface area contributed by atoms with E-state index in [0.717, 1.165) is 33.6 Å². The summed E-state index contributed by atoms with van der Waals surface area (Å²) in [4.78, 5) is 2.49. The molecule has 0 aliphatic heterocycles. The van der Waals surface area contributed by atoms with Crippen molar-refractivity contribution in [2.45, 2.75) is 24.7 Å². The van der Waals surface area contributed by atoms with E-state index in [4.69, 9.17) is 4.42 Å². The van der Waals surface area contributed by atoms with E-state index >= 15 is 0 Å². The largest absolute Gasteiger partial charge is 0.456 e. The highest BCUT2D eigenvalue weighted by atomic mass is 16.3. The highest BCUT2D eigenvalue weighted by Gasteiger charge is 2.47. The zero-order chi connectivity index (χ0) is 40.0. The summed E-state index contributed by atoms with van der Waals surface area (Å²) >= 11 is 0. The third kappa shape index (κ3) is 4.82. The molecule has 0 atom stereocenters. The molecule has 0 N–H and O–H groups in total. The lowest BCUT2D eigenvalue weighted by molar-refractivity contribution is 0.657. The molecule has 0 bridgehead atoms. The van der Waals surface area contributed by atoms with Crippen LogP contribution in [0.5, 0.6) is 0 Å². The third-order valence-corrected chi connectivity index (χ3v) is 13.3. The van der Waals surface area contributed by atoms with Crippen LogP contribution >= 0.6 is 0 Å². The maximum atomic E-state index is 6.82. The van der Waals surface area contributed by atoms with Gasteiger partial charge in [0.05, 0.1) is 11.1 Å². The molecule has 2 aliphatic rings. The van der Waals surface area contributed by atoms with Crippen LogP contribution in [0.15, 0.2) is 217 Å². The van der Waals surface area contributed by atoms with Crippen molar-refractivity contribution in [3.05, 3.63) is 246 Å². The van der Waals surface area contributed by atoms with E-state index < -0.39 is 5.41 Å². The number of hydrogen-bond acceptors (Lipinski definition) is 2. The van der Waals surface area contributed by atoms with Crippen molar-refractivity contribution in [3.63, 3.8) is 0 Å². The molecule has 0 saturated carbocycles. The summed E-state index contributed by atoms with van der Waals surface area (Å²) in [6, 6.07) is 77.8. The van der Waals surface area contributed by atoms with Gasteiger partial charge in [0.25, 0.3) is 0 Å². The SMILES string of the molecule is CC1(C)c2ccccc2-c2c1c(N(c1ccc(-c3ccccc3)cc1)c1ccc3c(c1)-c1ccccc1C3(c1ccccc1)c1ccccc1)cc1oc3ccccc3c21. The highest BCUT2D eigenvalue weighted by molar-refractivity contribution is 6.17. The van der Waals surface area contributed by atoms with Gasteiger partial charge < -0.3 is 9.32 Å². The molecule has 2 aliphatic carbocycles.